The van der Waals surface area contributed by atoms with Crippen molar-refractivity contribution in [3.05, 3.63) is 94.0 Å². The van der Waals surface area contributed by atoms with E-state index in [9.17, 15) is 9.59 Å². The molecule has 0 bridgehead atoms. The first-order valence-corrected chi connectivity index (χ1v) is 10.9. The molecule has 0 saturated heterocycles. The van der Waals surface area contributed by atoms with Crippen LogP contribution in [0.25, 0.3) is 0 Å². The highest BCUT2D eigenvalue weighted by Gasteiger charge is 2.17. The highest BCUT2D eigenvalue weighted by molar-refractivity contribution is 9.10. The number of aryl methyl sites for hydroxylation is 1. The first-order valence-electron chi connectivity index (χ1n) is 10.1. The van der Waals surface area contributed by atoms with Crippen molar-refractivity contribution in [3.63, 3.8) is 0 Å². The van der Waals surface area contributed by atoms with Gasteiger partial charge in [-0.1, -0.05) is 36.4 Å². The fraction of sp³-hybridized carbons (Fsp3) is 0.200. The zero-order valence-corrected chi connectivity index (χ0v) is 19.1. The fourth-order valence-corrected chi connectivity index (χ4v) is 3.64. The minimum absolute atomic E-state index is 0.0263. The van der Waals surface area contributed by atoms with Crippen molar-refractivity contribution < 1.29 is 14.3 Å². The summed E-state index contributed by atoms with van der Waals surface area (Å²) in [5, 5.41) is 5.88. The van der Waals surface area contributed by atoms with Gasteiger partial charge in [-0.05, 0) is 77.7 Å². The van der Waals surface area contributed by atoms with Crippen molar-refractivity contribution >= 4 is 33.4 Å². The number of amides is 2. The molecule has 3 aromatic carbocycles. The van der Waals surface area contributed by atoms with E-state index < -0.39 is 0 Å². The van der Waals surface area contributed by atoms with E-state index in [2.05, 4.69) is 26.6 Å². The van der Waals surface area contributed by atoms with Gasteiger partial charge in [0, 0.05) is 10.5 Å². The topological polar surface area (TPSA) is 67.4 Å². The third-order valence-electron chi connectivity index (χ3n) is 4.94. The van der Waals surface area contributed by atoms with Gasteiger partial charge in [-0.25, -0.2) is 0 Å². The number of hydrogen-bond donors (Lipinski definition) is 2. The van der Waals surface area contributed by atoms with Gasteiger partial charge in [-0.2, -0.15) is 0 Å². The van der Waals surface area contributed by atoms with E-state index >= 15 is 0 Å². The summed E-state index contributed by atoms with van der Waals surface area (Å²) in [6.07, 6.45) is 1.63. The van der Waals surface area contributed by atoms with E-state index in [1.807, 2.05) is 37.3 Å². The van der Waals surface area contributed by atoms with Crippen molar-refractivity contribution in [2.75, 3.05) is 12.4 Å². The summed E-state index contributed by atoms with van der Waals surface area (Å²) in [4.78, 5) is 25.5. The molecular weight excluding hydrogens is 456 g/mol. The Balaban J connectivity index is 1.62. The molecule has 1 atom stereocenters. The summed E-state index contributed by atoms with van der Waals surface area (Å²) in [6.45, 7) is 1.98. The second-order valence-corrected chi connectivity index (χ2v) is 8.10. The SMILES string of the molecule is COc1ccc(CCC(C)NC(=O)c2ccccc2NC(=O)c2ccccc2Br)cc1. The molecule has 5 nitrogen and oxygen atoms in total. The van der Waals surface area contributed by atoms with Crippen molar-refractivity contribution in [1.29, 1.82) is 0 Å². The van der Waals surface area contributed by atoms with Crippen LogP contribution in [0, 0.1) is 0 Å². The molecule has 2 amide bonds. The smallest absolute Gasteiger partial charge is 0.256 e. The molecule has 0 spiro atoms. The van der Waals surface area contributed by atoms with Gasteiger partial charge in [-0.3, -0.25) is 9.59 Å². The van der Waals surface area contributed by atoms with Crippen LogP contribution in [0.2, 0.25) is 0 Å². The number of hydrogen-bond acceptors (Lipinski definition) is 3. The Morgan fingerprint density at radius 1 is 0.903 bits per heavy atom. The summed E-state index contributed by atoms with van der Waals surface area (Å²) in [6, 6.07) is 22.1. The van der Waals surface area contributed by atoms with Crippen molar-refractivity contribution in [2.24, 2.45) is 0 Å². The molecule has 0 heterocycles. The molecule has 0 aromatic heterocycles. The second kappa shape index (κ2) is 10.8. The average Bonchev–Trinajstić information content (AvgIpc) is 2.78. The summed E-state index contributed by atoms with van der Waals surface area (Å²) in [7, 11) is 1.64. The van der Waals surface area contributed by atoms with E-state index in [-0.39, 0.29) is 17.9 Å². The standard InChI is InChI=1S/C25H25BrN2O3/c1-17(11-12-18-13-15-19(31-2)16-14-18)27-25(30)21-8-4-6-10-23(21)28-24(29)20-7-3-5-9-22(20)26/h3-10,13-17H,11-12H2,1-2H3,(H,27,30)(H,28,29). The number of halogens is 1. The van der Waals surface area contributed by atoms with Gasteiger partial charge in [-0.15, -0.1) is 0 Å². The number of ether oxygens (including phenoxy) is 1. The maximum atomic E-state index is 12.9. The minimum Gasteiger partial charge on any atom is -0.497 e. The van der Waals surface area contributed by atoms with Crippen molar-refractivity contribution in [2.45, 2.75) is 25.8 Å². The molecule has 0 aliphatic rings. The molecule has 0 radical (unpaired) electrons. The molecule has 0 aliphatic carbocycles. The van der Waals surface area contributed by atoms with E-state index in [1.165, 1.54) is 5.56 Å². The third kappa shape index (κ3) is 6.18. The van der Waals surface area contributed by atoms with E-state index in [0.29, 0.717) is 21.3 Å². The number of carbonyl (C=O) groups excluding carboxylic acids is 2. The predicted octanol–water partition coefficient (Wildman–Crippen LogP) is 5.46. The quantitative estimate of drug-likeness (QED) is 0.449. The number of rotatable bonds is 8. The van der Waals surface area contributed by atoms with Crippen LogP contribution in [-0.4, -0.2) is 25.0 Å². The van der Waals surface area contributed by atoms with Gasteiger partial charge in [0.2, 0.25) is 0 Å². The Morgan fingerprint density at radius 2 is 1.55 bits per heavy atom. The summed E-state index contributed by atoms with van der Waals surface area (Å²) < 4.78 is 5.88. The van der Waals surface area contributed by atoms with Crippen LogP contribution in [-0.2, 0) is 6.42 Å². The van der Waals surface area contributed by atoms with E-state index in [1.54, 1.807) is 49.6 Å². The van der Waals surface area contributed by atoms with Crippen LogP contribution in [0.5, 0.6) is 5.75 Å². The minimum atomic E-state index is -0.278. The third-order valence-corrected chi connectivity index (χ3v) is 5.63. The number of anilines is 1. The normalized spacial score (nSPS) is 11.5. The summed E-state index contributed by atoms with van der Waals surface area (Å²) in [5.74, 6) is 0.330. The first-order chi connectivity index (χ1) is 15.0. The van der Waals surface area contributed by atoms with Gasteiger partial charge >= 0.3 is 0 Å². The Bertz CT molecular complexity index is 1050. The Hall–Kier alpha value is -3.12. The van der Waals surface area contributed by atoms with E-state index in [0.717, 1.165) is 18.6 Å². The largest absolute Gasteiger partial charge is 0.497 e. The van der Waals surface area contributed by atoms with Gasteiger partial charge in [0.25, 0.3) is 11.8 Å². The predicted molar refractivity (Wildman–Crippen MR) is 127 cm³/mol. The van der Waals surface area contributed by atoms with Gasteiger partial charge < -0.3 is 15.4 Å². The first kappa shape index (κ1) is 22.6. The second-order valence-electron chi connectivity index (χ2n) is 7.24. The summed E-state index contributed by atoms with van der Waals surface area (Å²) in [5.41, 5.74) is 2.59. The fourth-order valence-electron chi connectivity index (χ4n) is 3.17. The maximum Gasteiger partial charge on any atom is 0.256 e. The zero-order chi connectivity index (χ0) is 22.2. The lowest BCUT2D eigenvalue weighted by atomic mass is 10.1. The zero-order valence-electron chi connectivity index (χ0n) is 17.5. The molecule has 3 rings (SSSR count). The number of nitrogens with one attached hydrogen (secondary N) is 2. The molecule has 0 fully saturated rings. The lowest BCUT2D eigenvalue weighted by Crippen LogP contribution is -2.33. The molecule has 0 saturated carbocycles. The molecule has 0 aliphatic heterocycles. The molecule has 1 unspecified atom stereocenters. The van der Waals surface area contributed by atoms with Gasteiger partial charge in [0.05, 0.1) is 23.9 Å². The van der Waals surface area contributed by atoms with Crippen LogP contribution in [0.15, 0.2) is 77.3 Å². The monoisotopic (exact) mass is 480 g/mol. The molecule has 160 valence electrons. The van der Waals surface area contributed by atoms with Crippen LogP contribution in [0.3, 0.4) is 0 Å². The van der Waals surface area contributed by atoms with Crippen LogP contribution in [0.4, 0.5) is 5.69 Å². The molecule has 31 heavy (non-hydrogen) atoms. The average molecular weight is 481 g/mol. The molecule has 6 heteroatoms. The van der Waals surface area contributed by atoms with Crippen LogP contribution < -0.4 is 15.4 Å². The number of carbonyl (C=O) groups is 2. The van der Waals surface area contributed by atoms with Gasteiger partial charge in [0.1, 0.15) is 5.75 Å². The summed E-state index contributed by atoms with van der Waals surface area (Å²) >= 11 is 3.39. The Morgan fingerprint density at radius 3 is 2.23 bits per heavy atom. The van der Waals surface area contributed by atoms with Crippen molar-refractivity contribution in [1.82, 2.24) is 5.32 Å². The maximum absolute atomic E-state index is 12.9. The van der Waals surface area contributed by atoms with Crippen molar-refractivity contribution in [3.8, 4) is 5.75 Å². The Labute approximate surface area is 191 Å². The number of benzene rings is 3. The van der Waals surface area contributed by atoms with E-state index in [4.69, 9.17) is 4.74 Å². The molecule has 3 aromatic rings. The lowest BCUT2D eigenvalue weighted by Gasteiger charge is -2.16. The van der Waals surface area contributed by atoms with Crippen LogP contribution >= 0.6 is 15.9 Å². The highest BCUT2D eigenvalue weighted by Crippen LogP contribution is 2.21. The highest BCUT2D eigenvalue weighted by atomic mass is 79.9. The molecule has 2 N–H and O–H groups in total. The molecular formula is C25H25BrN2O3. The number of methoxy groups -OCH3 is 1. The lowest BCUT2D eigenvalue weighted by molar-refractivity contribution is 0.0939. The Kier molecular flexibility index (Phi) is 7.84. The van der Waals surface area contributed by atoms with Crippen LogP contribution in [0.1, 0.15) is 39.6 Å². The van der Waals surface area contributed by atoms with Gasteiger partial charge in [0.15, 0.2) is 0 Å². The number of para-hydroxylation sites is 1.